The van der Waals surface area contributed by atoms with Gasteiger partial charge in [-0.3, -0.25) is 9.78 Å². The SMILES string of the molecule is CN(C)C(=O)c1cc(N2CCCC2CN)ccn1. The van der Waals surface area contributed by atoms with Crippen molar-refractivity contribution in [2.45, 2.75) is 18.9 Å². The number of carbonyl (C=O) groups is 1. The van der Waals surface area contributed by atoms with Crippen LogP contribution in [0.15, 0.2) is 18.3 Å². The van der Waals surface area contributed by atoms with Gasteiger partial charge in [-0.2, -0.15) is 0 Å². The van der Waals surface area contributed by atoms with Crippen molar-refractivity contribution in [3.05, 3.63) is 24.0 Å². The van der Waals surface area contributed by atoms with Crippen LogP contribution in [0.25, 0.3) is 0 Å². The second-order valence-corrected chi connectivity index (χ2v) is 4.82. The monoisotopic (exact) mass is 248 g/mol. The van der Waals surface area contributed by atoms with E-state index in [-0.39, 0.29) is 5.91 Å². The lowest BCUT2D eigenvalue weighted by molar-refractivity contribution is 0.0822. The number of nitrogens with zero attached hydrogens (tertiary/aromatic N) is 3. The minimum Gasteiger partial charge on any atom is -0.367 e. The minimum atomic E-state index is -0.0691. The molecular formula is C13H20N4O. The molecule has 2 rings (SSSR count). The fourth-order valence-electron chi connectivity index (χ4n) is 2.36. The van der Waals surface area contributed by atoms with E-state index in [0.717, 1.165) is 25.1 Å². The Morgan fingerprint density at radius 3 is 3.06 bits per heavy atom. The number of hydrogen-bond donors (Lipinski definition) is 1. The van der Waals surface area contributed by atoms with Crippen LogP contribution < -0.4 is 10.6 Å². The number of carbonyl (C=O) groups excluding carboxylic acids is 1. The summed E-state index contributed by atoms with van der Waals surface area (Å²) >= 11 is 0. The lowest BCUT2D eigenvalue weighted by Crippen LogP contribution is -2.35. The van der Waals surface area contributed by atoms with Crippen LogP contribution in [0.3, 0.4) is 0 Å². The summed E-state index contributed by atoms with van der Waals surface area (Å²) < 4.78 is 0. The molecule has 1 aromatic heterocycles. The van der Waals surface area contributed by atoms with Gasteiger partial charge in [0, 0.05) is 45.1 Å². The van der Waals surface area contributed by atoms with E-state index in [1.165, 1.54) is 4.90 Å². The van der Waals surface area contributed by atoms with Crippen molar-refractivity contribution in [2.24, 2.45) is 5.73 Å². The molecule has 2 N–H and O–H groups in total. The number of pyridine rings is 1. The highest BCUT2D eigenvalue weighted by atomic mass is 16.2. The second-order valence-electron chi connectivity index (χ2n) is 4.82. The average molecular weight is 248 g/mol. The molecule has 0 bridgehead atoms. The van der Waals surface area contributed by atoms with Gasteiger partial charge < -0.3 is 15.5 Å². The molecule has 0 saturated carbocycles. The van der Waals surface area contributed by atoms with Crippen molar-refractivity contribution < 1.29 is 4.79 Å². The standard InChI is InChI=1S/C13H20N4O/c1-16(2)13(18)12-8-10(5-6-15-12)17-7-3-4-11(17)9-14/h5-6,8,11H,3-4,7,9,14H2,1-2H3. The van der Waals surface area contributed by atoms with E-state index in [4.69, 9.17) is 5.73 Å². The first kappa shape index (κ1) is 12.8. The summed E-state index contributed by atoms with van der Waals surface area (Å²) in [5.74, 6) is -0.0691. The number of anilines is 1. The Morgan fingerprint density at radius 2 is 2.39 bits per heavy atom. The predicted octanol–water partition coefficient (Wildman–Crippen LogP) is 0.711. The van der Waals surface area contributed by atoms with Gasteiger partial charge >= 0.3 is 0 Å². The maximum atomic E-state index is 11.9. The van der Waals surface area contributed by atoms with E-state index in [0.29, 0.717) is 18.3 Å². The fourth-order valence-corrected chi connectivity index (χ4v) is 2.36. The Morgan fingerprint density at radius 1 is 1.61 bits per heavy atom. The third-order valence-electron chi connectivity index (χ3n) is 3.35. The Bertz CT molecular complexity index is 433. The van der Waals surface area contributed by atoms with Crippen molar-refractivity contribution in [3.8, 4) is 0 Å². The molecule has 0 spiro atoms. The Labute approximate surface area is 108 Å². The van der Waals surface area contributed by atoms with Gasteiger partial charge in [-0.05, 0) is 25.0 Å². The molecule has 2 heterocycles. The molecular weight excluding hydrogens is 228 g/mol. The zero-order chi connectivity index (χ0) is 13.1. The number of nitrogens with two attached hydrogens (primary N) is 1. The Hall–Kier alpha value is -1.62. The van der Waals surface area contributed by atoms with Crippen LogP contribution in [0, 0.1) is 0 Å². The molecule has 0 aliphatic carbocycles. The fraction of sp³-hybridized carbons (Fsp3) is 0.538. The number of amides is 1. The quantitative estimate of drug-likeness (QED) is 0.855. The zero-order valence-electron chi connectivity index (χ0n) is 11.0. The lowest BCUT2D eigenvalue weighted by atomic mass is 10.2. The van der Waals surface area contributed by atoms with Crippen molar-refractivity contribution in [1.29, 1.82) is 0 Å². The summed E-state index contributed by atoms with van der Waals surface area (Å²) in [5.41, 5.74) is 7.31. The molecule has 1 aromatic rings. The van der Waals surface area contributed by atoms with Crippen LogP contribution in [0.2, 0.25) is 0 Å². The molecule has 0 radical (unpaired) electrons. The highest BCUT2D eigenvalue weighted by molar-refractivity contribution is 5.92. The van der Waals surface area contributed by atoms with Gasteiger partial charge in [0.2, 0.25) is 0 Å². The Balaban J connectivity index is 2.24. The van der Waals surface area contributed by atoms with E-state index >= 15 is 0 Å². The molecule has 5 nitrogen and oxygen atoms in total. The molecule has 1 amide bonds. The van der Waals surface area contributed by atoms with Gasteiger partial charge in [-0.25, -0.2) is 0 Å². The van der Waals surface area contributed by atoms with Gasteiger partial charge in [0.25, 0.3) is 5.91 Å². The summed E-state index contributed by atoms with van der Waals surface area (Å²) in [6, 6.07) is 4.19. The van der Waals surface area contributed by atoms with E-state index in [1.54, 1.807) is 20.3 Å². The van der Waals surface area contributed by atoms with Crippen LogP contribution in [-0.4, -0.2) is 49.0 Å². The number of hydrogen-bond acceptors (Lipinski definition) is 4. The summed E-state index contributed by atoms with van der Waals surface area (Å²) in [4.78, 5) is 19.8. The van der Waals surface area contributed by atoms with Crippen LogP contribution in [0.5, 0.6) is 0 Å². The molecule has 1 unspecified atom stereocenters. The molecule has 1 atom stereocenters. The Kier molecular flexibility index (Phi) is 3.81. The second kappa shape index (κ2) is 5.35. The van der Waals surface area contributed by atoms with Crippen molar-refractivity contribution in [2.75, 3.05) is 32.1 Å². The van der Waals surface area contributed by atoms with Gasteiger partial charge in [-0.1, -0.05) is 0 Å². The number of aromatic nitrogens is 1. The highest BCUT2D eigenvalue weighted by Crippen LogP contribution is 2.25. The third-order valence-corrected chi connectivity index (χ3v) is 3.35. The van der Waals surface area contributed by atoms with Gasteiger partial charge in [0.05, 0.1) is 0 Å². The summed E-state index contributed by atoms with van der Waals surface area (Å²) in [5, 5.41) is 0. The van der Waals surface area contributed by atoms with Crippen LogP contribution in [-0.2, 0) is 0 Å². The first-order valence-corrected chi connectivity index (χ1v) is 6.28. The van der Waals surface area contributed by atoms with Crippen molar-refractivity contribution >= 4 is 11.6 Å². The zero-order valence-corrected chi connectivity index (χ0v) is 11.0. The summed E-state index contributed by atoms with van der Waals surface area (Å²) in [6.45, 7) is 1.65. The summed E-state index contributed by atoms with van der Waals surface area (Å²) in [7, 11) is 3.46. The van der Waals surface area contributed by atoms with Gasteiger partial charge in [-0.15, -0.1) is 0 Å². The maximum Gasteiger partial charge on any atom is 0.272 e. The van der Waals surface area contributed by atoms with E-state index in [9.17, 15) is 4.79 Å². The topological polar surface area (TPSA) is 62.5 Å². The van der Waals surface area contributed by atoms with Crippen LogP contribution >= 0.6 is 0 Å². The van der Waals surface area contributed by atoms with Gasteiger partial charge in [0.15, 0.2) is 0 Å². The minimum absolute atomic E-state index is 0.0691. The molecule has 1 aliphatic rings. The van der Waals surface area contributed by atoms with E-state index in [1.807, 2.05) is 12.1 Å². The first-order valence-electron chi connectivity index (χ1n) is 6.28. The lowest BCUT2D eigenvalue weighted by Gasteiger charge is -2.26. The molecule has 18 heavy (non-hydrogen) atoms. The van der Waals surface area contributed by atoms with Crippen LogP contribution in [0.1, 0.15) is 23.3 Å². The third kappa shape index (κ3) is 2.46. The molecule has 98 valence electrons. The molecule has 0 aromatic carbocycles. The van der Waals surface area contributed by atoms with E-state index in [2.05, 4.69) is 9.88 Å². The average Bonchev–Trinajstić information content (AvgIpc) is 2.86. The molecule has 1 saturated heterocycles. The number of rotatable bonds is 3. The summed E-state index contributed by atoms with van der Waals surface area (Å²) in [6.07, 6.45) is 3.97. The molecule has 5 heteroatoms. The maximum absolute atomic E-state index is 11.9. The van der Waals surface area contributed by atoms with E-state index < -0.39 is 0 Å². The largest absolute Gasteiger partial charge is 0.367 e. The molecule has 1 aliphatic heterocycles. The smallest absolute Gasteiger partial charge is 0.272 e. The predicted molar refractivity (Wildman–Crippen MR) is 71.7 cm³/mol. The first-order chi connectivity index (χ1) is 8.63. The highest BCUT2D eigenvalue weighted by Gasteiger charge is 2.24. The van der Waals surface area contributed by atoms with Crippen molar-refractivity contribution in [1.82, 2.24) is 9.88 Å². The van der Waals surface area contributed by atoms with Gasteiger partial charge in [0.1, 0.15) is 5.69 Å². The van der Waals surface area contributed by atoms with Crippen LogP contribution in [0.4, 0.5) is 5.69 Å². The van der Waals surface area contributed by atoms with Crippen molar-refractivity contribution in [3.63, 3.8) is 0 Å². The normalized spacial score (nSPS) is 19.1. The molecule has 1 fully saturated rings.